The Balaban J connectivity index is 1.75. The summed E-state index contributed by atoms with van der Waals surface area (Å²) < 4.78 is 0. The second-order valence-corrected chi connectivity index (χ2v) is 5.82. The molecule has 124 valence electrons. The van der Waals surface area contributed by atoms with Crippen LogP contribution < -0.4 is 10.6 Å². The van der Waals surface area contributed by atoms with Crippen molar-refractivity contribution in [3.8, 4) is 0 Å². The number of amidine groups is 1. The maximum atomic E-state index is 4.79. The molecule has 1 atom stereocenters. The van der Waals surface area contributed by atoms with E-state index >= 15 is 0 Å². The van der Waals surface area contributed by atoms with Crippen molar-refractivity contribution in [1.29, 1.82) is 0 Å². The molecule has 7 heteroatoms. The van der Waals surface area contributed by atoms with Crippen molar-refractivity contribution in [3.05, 3.63) is 71.1 Å². The predicted octanol–water partition coefficient (Wildman–Crippen LogP) is 1.75. The van der Waals surface area contributed by atoms with Gasteiger partial charge in [0.15, 0.2) is 0 Å². The van der Waals surface area contributed by atoms with Gasteiger partial charge < -0.3 is 10.6 Å². The predicted molar refractivity (Wildman–Crippen MR) is 97.6 cm³/mol. The van der Waals surface area contributed by atoms with E-state index in [-0.39, 0.29) is 6.17 Å². The smallest absolute Gasteiger partial charge is 0.148 e. The standard InChI is InChI=1S/C18H17N7/c1-12-2-4-13(5-3-12)16-23-17(14-6-19-10-20-7-14)25-18(24-16)15-8-21-11-22-9-15/h2-8,10-11,16,24H,9H2,1H3,(H,23,25). The maximum Gasteiger partial charge on any atom is 0.148 e. The third kappa shape index (κ3) is 3.30. The molecule has 0 bridgehead atoms. The molecule has 0 saturated heterocycles. The van der Waals surface area contributed by atoms with Gasteiger partial charge in [0.1, 0.15) is 30.5 Å². The topological polar surface area (TPSA) is 86.9 Å². The fraction of sp³-hybridized carbons (Fsp3) is 0.167. The van der Waals surface area contributed by atoms with Crippen LogP contribution in [0.4, 0.5) is 0 Å². The molecule has 3 heterocycles. The van der Waals surface area contributed by atoms with E-state index in [1.54, 1.807) is 24.9 Å². The molecule has 1 unspecified atom stereocenters. The second-order valence-electron chi connectivity index (χ2n) is 5.82. The molecule has 7 nitrogen and oxygen atoms in total. The molecule has 0 radical (unpaired) electrons. The number of benzene rings is 1. The summed E-state index contributed by atoms with van der Waals surface area (Å²) in [6, 6.07) is 8.32. The summed E-state index contributed by atoms with van der Waals surface area (Å²) in [6.07, 6.45) is 8.14. The van der Waals surface area contributed by atoms with Crippen LogP contribution in [0.2, 0.25) is 0 Å². The highest BCUT2D eigenvalue weighted by molar-refractivity contribution is 6.01. The van der Waals surface area contributed by atoms with Crippen LogP contribution in [0, 0.1) is 6.92 Å². The van der Waals surface area contributed by atoms with Gasteiger partial charge in [0.25, 0.3) is 0 Å². The van der Waals surface area contributed by atoms with Gasteiger partial charge in [0.2, 0.25) is 0 Å². The number of rotatable bonds is 2. The van der Waals surface area contributed by atoms with Gasteiger partial charge in [-0.15, -0.1) is 0 Å². The average Bonchev–Trinajstić information content (AvgIpc) is 2.69. The van der Waals surface area contributed by atoms with Crippen molar-refractivity contribution in [2.24, 2.45) is 15.0 Å². The van der Waals surface area contributed by atoms with Crippen LogP contribution in [-0.4, -0.2) is 34.9 Å². The Morgan fingerprint density at radius 1 is 1.08 bits per heavy atom. The molecule has 0 spiro atoms. The van der Waals surface area contributed by atoms with Gasteiger partial charge in [0.05, 0.1) is 12.1 Å². The Bertz CT molecular complexity index is 879. The van der Waals surface area contributed by atoms with Crippen LogP contribution in [0.1, 0.15) is 22.9 Å². The third-order valence-electron chi connectivity index (χ3n) is 3.97. The second kappa shape index (κ2) is 6.64. The molecule has 2 aliphatic heterocycles. The molecular weight excluding hydrogens is 314 g/mol. The highest BCUT2D eigenvalue weighted by Gasteiger charge is 2.22. The SMILES string of the molecule is Cc1ccc(C2N=C(c3cncnc3)NC(=C3C=NC=NC3)N2)cc1. The molecule has 1 aromatic carbocycles. The zero-order chi connectivity index (χ0) is 17.1. The van der Waals surface area contributed by atoms with Gasteiger partial charge in [-0.3, -0.25) is 4.99 Å². The van der Waals surface area contributed by atoms with E-state index in [1.165, 1.54) is 11.9 Å². The zero-order valence-corrected chi connectivity index (χ0v) is 13.7. The normalized spacial score (nSPS) is 22.1. The van der Waals surface area contributed by atoms with Crippen molar-refractivity contribution in [3.63, 3.8) is 0 Å². The van der Waals surface area contributed by atoms with Crippen LogP contribution in [0.5, 0.6) is 0 Å². The van der Waals surface area contributed by atoms with Crippen molar-refractivity contribution in [2.45, 2.75) is 13.1 Å². The first-order valence-corrected chi connectivity index (χ1v) is 7.97. The highest BCUT2D eigenvalue weighted by Crippen LogP contribution is 2.21. The minimum absolute atomic E-state index is 0.209. The van der Waals surface area contributed by atoms with Crippen LogP contribution in [0.15, 0.2) is 69.4 Å². The Kier molecular flexibility index (Phi) is 4.04. The number of aromatic nitrogens is 2. The zero-order valence-electron chi connectivity index (χ0n) is 13.7. The Labute approximate surface area is 145 Å². The van der Waals surface area contributed by atoms with Gasteiger partial charge in [-0.1, -0.05) is 29.8 Å². The lowest BCUT2D eigenvalue weighted by Gasteiger charge is -2.28. The molecule has 2 aromatic rings. The van der Waals surface area contributed by atoms with E-state index < -0.39 is 0 Å². The number of nitrogens with one attached hydrogen (secondary N) is 2. The lowest BCUT2D eigenvalue weighted by atomic mass is 10.1. The van der Waals surface area contributed by atoms with Crippen molar-refractivity contribution < 1.29 is 0 Å². The van der Waals surface area contributed by atoms with Gasteiger partial charge >= 0.3 is 0 Å². The molecule has 0 amide bonds. The van der Waals surface area contributed by atoms with Gasteiger partial charge in [-0.2, -0.15) is 0 Å². The van der Waals surface area contributed by atoms with Crippen molar-refractivity contribution in [1.82, 2.24) is 20.6 Å². The Morgan fingerprint density at radius 2 is 1.88 bits per heavy atom. The molecule has 0 fully saturated rings. The first-order chi connectivity index (χ1) is 12.3. The highest BCUT2D eigenvalue weighted by atomic mass is 15.3. The van der Waals surface area contributed by atoms with E-state index in [0.717, 1.165) is 28.4 Å². The quantitative estimate of drug-likeness (QED) is 0.878. The lowest BCUT2D eigenvalue weighted by Crippen LogP contribution is -2.41. The van der Waals surface area contributed by atoms with Crippen molar-refractivity contribution >= 4 is 18.4 Å². The summed E-state index contributed by atoms with van der Waals surface area (Å²) in [5.41, 5.74) is 4.10. The van der Waals surface area contributed by atoms with Crippen LogP contribution in [-0.2, 0) is 0 Å². The fourth-order valence-electron chi connectivity index (χ4n) is 2.63. The summed E-state index contributed by atoms with van der Waals surface area (Å²) in [4.78, 5) is 21.3. The number of nitrogens with zero attached hydrogens (tertiary/aromatic N) is 5. The first-order valence-electron chi connectivity index (χ1n) is 7.97. The minimum atomic E-state index is -0.209. The molecule has 4 rings (SSSR count). The summed E-state index contributed by atoms with van der Waals surface area (Å²) in [5.74, 6) is 1.57. The van der Waals surface area contributed by atoms with Crippen LogP contribution >= 0.6 is 0 Å². The third-order valence-corrected chi connectivity index (χ3v) is 3.97. The van der Waals surface area contributed by atoms with Crippen molar-refractivity contribution in [2.75, 3.05) is 6.54 Å². The molecule has 2 N–H and O–H groups in total. The van der Waals surface area contributed by atoms with Crippen LogP contribution in [0.25, 0.3) is 0 Å². The monoisotopic (exact) mass is 331 g/mol. The number of aliphatic imine (C=N–C) groups is 3. The lowest BCUT2D eigenvalue weighted by molar-refractivity contribution is 0.577. The van der Waals surface area contributed by atoms with Crippen LogP contribution in [0.3, 0.4) is 0 Å². The van der Waals surface area contributed by atoms with E-state index in [1.807, 2.05) is 0 Å². The summed E-state index contributed by atoms with van der Waals surface area (Å²) in [6.45, 7) is 2.64. The van der Waals surface area contributed by atoms with E-state index in [4.69, 9.17) is 4.99 Å². The molecule has 0 aliphatic carbocycles. The maximum absolute atomic E-state index is 4.79. The van der Waals surface area contributed by atoms with Gasteiger partial charge in [-0.25, -0.2) is 20.0 Å². The minimum Gasteiger partial charge on any atom is -0.346 e. The molecular formula is C18H17N7. The Morgan fingerprint density at radius 3 is 2.60 bits per heavy atom. The van der Waals surface area contributed by atoms with E-state index in [0.29, 0.717) is 6.54 Å². The number of hydrogen-bond donors (Lipinski definition) is 2. The summed E-state index contributed by atoms with van der Waals surface area (Å²) >= 11 is 0. The molecule has 1 aromatic heterocycles. The molecule has 0 saturated carbocycles. The average molecular weight is 331 g/mol. The largest absolute Gasteiger partial charge is 0.346 e. The van der Waals surface area contributed by atoms with E-state index in [2.05, 4.69) is 61.8 Å². The molecule has 2 aliphatic rings. The number of hydrogen-bond acceptors (Lipinski definition) is 7. The summed E-state index contributed by atoms with van der Waals surface area (Å²) in [5, 5.41) is 6.76. The van der Waals surface area contributed by atoms with Gasteiger partial charge in [0, 0.05) is 24.2 Å². The Hall–Kier alpha value is -3.35. The summed E-state index contributed by atoms with van der Waals surface area (Å²) in [7, 11) is 0. The van der Waals surface area contributed by atoms with Gasteiger partial charge in [-0.05, 0) is 12.5 Å². The fourth-order valence-corrected chi connectivity index (χ4v) is 2.63. The first kappa shape index (κ1) is 15.2. The number of aryl methyl sites for hydroxylation is 1. The molecule has 25 heavy (non-hydrogen) atoms. The van der Waals surface area contributed by atoms with E-state index in [9.17, 15) is 0 Å².